The number of nitrogens with one attached hydrogen (secondary N) is 1. The molecule has 0 radical (unpaired) electrons. The van der Waals surface area contributed by atoms with Gasteiger partial charge in [-0.1, -0.05) is 52.7 Å². The normalized spacial score (nSPS) is 10.9. The third-order valence-electron chi connectivity index (χ3n) is 4.81. The summed E-state index contributed by atoms with van der Waals surface area (Å²) in [4.78, 5) is 12.6. The topological polar surface area (TPSA) is 59.8 Å². The fourth-order valence-electron chi connectivity index (χ4n) is 3.24. The van der Waals surface area contributed by atoms with Crippen LogP contribution in [-0.2, 0) is 4.79 Å². The van der Waals surface area contributed by atoms with Gasteiger partial charge >= 0.3 is 0 Å². The molecule has 0 atom stereocenters. The number of thioether (sulfide) groups is 1. The minimum atomic E-state index is -0.111. The molecular formula is C24H20Cl2N4OS. The first-order chi connectivity index (χ1) is 15.4. The van der Waals surface area contributed by atoms with Gasteiger partial charge in [0.2, 0.25) is 5.91 Å². The van der Waals surface area contributed by atoms with Gasteiger partial charge in [-0.05, 0) is 74.0 Å². The Bertz CT molecular complexity index is 1250. The van der Waals surface area contributed by atoms with E-state index in [9.17, 15) is 4.79 Å². The minimum absolute atomic E-state index is 0.111. The van der Waals surface area contributed by atoms with Crippen LogP contribution in [-0.4, -0.2) is 26.4 Å². The van der Waals surface area contributed by atoms with Crippen LogP contribution in [0.15, 0.2) is 71.9 Å². The Morgan fingerprint density at radius 2 is 1.59 bits per heavy atom. The predicted molar refractivity (Wildman–Crippen MR) is 132 cm³/mol. The second-order valence-electron chi connectivity index (χ2n) is 7.28. The minimum Gasteiger partial charge on any atom is -0.325 e. The van der Waals surface area contributed by atoms with Gasteiger partial charge in [0.05, 0.1) is 5.75 Å². The third kappa shape index (κ3) is 5.15. The van der Waals surface area contributed by atoms with E-state index in [2.05, 4.69) is 15.5 Å². The molecule has 1 amide bonds. The molecule has 1 heterocycles. The zero-order valence-corrected chi connectivity index (χ0v) is 19.8. The van der Waals surface area contributed by atoms with Crippen molar-refractivity contribution in [2.75, 3.05) is 11.1 Å². The van der Waals surface area contributed by atoms with Crippen molar-refractivity contribution in [1.29, 1.82) is 0 Å². The van der Waals surface area contributed by atoms with Crippen molar-refractivity contribution < 1.29 is 4.79 Å². The number of amides is 1. The Kier molecular flexibility index (Phi) is 6.84. The number of carbonyl (C=O) groups excluding carboxylic acids is 1. The van der Waals surface area contributed by atoms with E-state index in [1.807, 2.05) is 85.1 Å². The van der Waals surface area contributed by atoms with Crippen molar-refractivity contribution in [3.63, 3.8) is 0 Å². The molecule has 0 aliphatic carbocycles. The molecule has 0 saturated carbocycles. The van der Waals surface area contributed by atoms with Crippen LogP contribution in [0.1, 0.15) is 11.1 Å². The van der Waals surface area contributed by atoms with Gasteiger partial charge < -0.3 is 5.32 Å². The average Bonchev–Trinajstić information content (AvgIpc) is 3.19. The molecule has 0 unspecified atom stereocenters. The highest BCUT2D eigenvalue weighted by molar-refractivity contribution is 7.99. The standard InChI is InChI=1S/C24H20Cl2N4OS/c1-15-3-12-21(16(2)13-15)27-22(31)14-32-24-29-28-23(17-4-6-18(25)7-5-17)30(24)20-10-8-19(26)9-11-20/h3-13H,14H2,1-2H3,(H,27,31). The van der Waals surface area contributed by atoms with E-state index in [1.165, 1.54) is 11.8 Å². The predicted octanol–water partition coefficient (Wildman–Crippen LogP) is 6.59. The second kappa shape index (κ2) is 9.77. The number of rotatable bonds is 6. The average molecular weight is 483 g/mol. The molecule has 8 heteroatoms. The Hall–Kier alpha value is -2.80. The van der Waals surface area contributed by atoms with Crippen LogP contribution in [0.5, 0.6) is 0 Å². The smallest absolute Gasteiger partial charge is 0.234 e. The molecule has 3 aromatic carbocycles. The summed E-state index contributed by atoms with van der Waals surface area (Å²) in [6, 6.07) is 20.7. The maximum absolute atomic E-state index is 12.6. The summed E-state index contributed by atoms with van der Waals surface area (Å²) >= 11 is 13.4. The van der Waals surface area contributed by atoms with Crippen molar-refractivity contribution in [3.8, 4) is 17.1 Å². The van der Waals surface area contributed by atoms with E-state index in [4.69, 9.17) is 23.2 Å². The molecule has 0 spiro atoms. The van der Waals surface area contributed by atoms with Crippen LogP contribution < -0.4 is 5.32 Å². The van der Waals surface area contributed by atoms with Crippen LogP contribution in [0.3, 0.4) is 0 Å². The third-order valence-corrected chi connectivity index (χ3v) is 6.24. The van der Waals surface area contributed by atoms with E-state index in [0.29, 0.717) is 21.0 Å². The van der Waals surface area contributed by atoms with Crippen molar-refractivity contribution >= 4 is 46.6 Å². The molecule has 4 aromatic rings. The highest BCUT2D eigenvalue weighted by Gasteiger charge is 2.17. The fraction of sp³-hybridized carbons (Fsp3) is 0.125. The SMILES string of the molecule is Cc1ccc(NC(=O)CSc2nnc(-c3ccc(Cl)cc3)n2-c2ccc(Cl)cc2)c(C)c1. The summed E-state index contributed by atoms with van der Waals surface area (Å²) in [5.41, 5.74) is 4.70. The lowest BCUT2D eigenvalue weighted by molar-refractivity contribution is -0.113. The van der Waals surface area contributed by atoms with Crippen LogP contribution in [0.25, 0.3) is 17.1 Å². The number of aromatic nitrogens is 3. The highest BCUT2D eigenvalue weighted by atomic mass is 35.5. The Morgan fingerprint density at radius 3 is 2.25 bits per heavy atom. The zero-order chi connectivity index (χ0) is 22.7. The first-order valence-electron chi connectivity index (χ1n) is 9.88. The zero-order valence-electron chi connectivity index (χ0n) is 17.5. The van der Waals surface area contributed by atoms with Crippen molar-refractivity contribution in [3.05, 3.63) is 87.9 Å². The van der Waals surface area contributed by atoms with E-state index in [0.717, 1.165) is 28.1 Å². The Balaban J connectivity index is 1.60. The maximum atomic E-state index is 12.6. The van der Waals surface area contributed by atoms with Crippen molar-refractivity contribution in [2.24, 2.45) is 0 Å². The number of hydrogen-bond donors (Lipinski definition) is 1. The number of halogens is 2. The van der Waals surface area contributed by atoms with Gasteiger partial charge in [-0.15, -0.1) is 10.2 Å². The van der Waals surface area contributed by atoms with Crippen LogP contribution in [0.4, 0.5) is 5.69 Å². The molecule has 4 rings (SSSR count). The molecular weight excluding hydrogens is 463 g/mol. The first-order valence-corrected chi connectivity index (χ1v) is 11.6. The van der Waals surface area contributed by atoms with Gasteiger partial charge in [0.15, 0.2) is 11.0 Å². The highest BCUT2D eigenvalue weighted by Crippen LogP contribution is 2.29. The molecule has 0 fully saturated rings. The molecule has 162 valence electrons. The molecule has 1 N–H and O–H groups in total. The van der Waals surface area contributed by atoms with Crippen LogP contribution in [0, 0.1) is 13.8 Å². The van der Waals surface area contributed by atoms with Gasteiger partial charge in [0, 0.05) is 27.0 Å². The number of aryl methyl sites for hydroxylation is 2. The number of carbonyl (C=O) groups is 1. The van der Waals surface area contributed by atoms with Gasteiger partial charge in [0.25, 0.3) is 0 Å². The van der Waals surface area contributed by atoms with E-state index in [1.54, 1.807) is 0 Å². The monoisotopic (exact) mass is 482 g/mol. The van der Waals surface area contributed by atoms with Crippen molar-refractivity contribution in [1.82, 2.24) is 14.8 Å². The Morgan fingerprint density at radius 1 is 0.938 bits per heavy atom. The number of anilines is 1. The van der Waals surface area contributed by atoms with E-state index >= 15 is 0 Å². The van der Waals surface area contributed by atoms with Gasteiger partial charge in [0.1, 0.15) is 0 Å². The molecule has 0 aliphatic heterocycles. The summed E-state index contributed by atoms with van der Waals surface area (Å²) < 4.78 is 1.91. The lowest BCUT2D eigenvalue weighted by Gasteiger charge is -2.11. The first kappa shape index (κ1) is 22.4. The molecule has 5 nitrogen and oxygen atoms in total. The summed E-state index contributed by atoms with van der Waals surface area (Å²) in [5, 5.41) is 13.6. The van der Waals surface area contributed by atoms with Gasteiger partial charge in [-0.3, -0.25) is 9.36 Å². The van der Waals surface area contributed by atoms with Crippen LogP contribution >= 0.6 is 35.0 Å². The van der Waals surface area contributed by atoms with E-state index in [-0.39, 0.29) is 11.7 Å². The number of hydrogen-bond acceptors (Lipinski definition) is 4. The quantitative estimate of drug-likeness (QED) is 0.315. The number of nitrogens with zero attached hydrogens (tertiary/aromatic N) is 3. The lowest BCUT2D eigenvalue weighted by atomic mass is 10.1. The second-order valence-corrected chi connectivity index (χ2v) is 9.10. The molecule has 32 heavy (non-hydrogen) atoms. The largest absolute Gasteiger partial charge is 0.325 e. The summed E-state index contributed by atoms with van der Waals surface area (Å²) in [7, 11) is 0. The van der Waals surface area contributed by atoms with Crippen molar-refractivity contribution in [2.45, 2.75) is 19.0 Å². The maximum Gasteiger partial charge on any atom is 0.234 e. The molecule has 1 aromatic heterocycles. The Labute approximate surface area is 200 Å². The summed E-state index contributed by atoms with van der Waals surface area (Å²) in [6.45, 7) is 4.00. The molecule has 0 aliphatic rings. The summed E-state index contributed by atoms with van der Waals surface area (Å²) in [5.74, 6) is 0.738. The lowest BCUT2D eigenvalue weighted by Crippen LogP contribution is -2.15. The summed E-state index contributed by atoms with van der Waals surface area (Å²) in [6.07, 6.45) is 0. The number of benzene rings is 3. The van der Waals surface area contributed by atoms with Crippen LogP contribution in [0.2, 0.25) is 10.0 Å². The van der Waals surface area contributed by atoms with Gasteiger partial charge in [-0.2, -0.15) is 0 Å². The fourth-order valence-corrected chi connectivity index (χ4v) is 4.25. The van der Waals surface area contributed by atoms with Gasteiger partial charge in [-0.25, -0.2) is 0 Å². The molecule has 0 bridgehead atoms. The molecule has 0 saturated heterocycles. The van der Waals surface area contributed by atoms with E-state index < -0.39 is 0 Å².